The fraction of sp³-hybridized carbons (Fsp3) is 0.412. The third-order valence-corrected chi connectivity index (χ3v) is 4.59. The topological polar surface area (TPSA) is 55.5 Å². The number of rotatable bonds is 3. The zero-order chi connectivity index (χ0) is 14.0. The molecule has 0 aromatic heterocycles. The van der Waals surface area contributed by atoms with Gasteiger partial charge in [0.25, 0.3) is 0 Å². The number of benzene rings is 2. The third kappa shape index (κ3) is 2.22. The molecule has 2 aromatic carbocycles. The maximum atomic E-state index is 11.0. The van der Waals surface area contributed by atoms with Gasteiger partial charge in [-0.15, -0.1) is 0 Å². The second-order valence-corrected chi connectivity index (χ2v) is 5.65. The molecule has 1 heterocycles. The molecule has 2 aromatic rings. The van der Waals surface area contributed by atoms with Crippen LogP contribution in [0.4, 0.5) is 0 Å². The highest BCUT2D eigenvalue weighted by Gasteiger charge is 2.39. The van der Waals surface area contributed by atoms with Crippen LogP contribution in [0.5, 0.6) is 0 Å². The van der Waals surface area contributed by atoms with Crippen molar-refractivity contribution in [1.29, 1.82) is 0 Å². The molecule has 3 heteroatoms. The molecule has 3 nitrogen and oxygen atoms in total. The van der Waals surface area contributed by atoms with E-state index in [1.807, 2.05) is 24.3 Å². The second-order valence-electron chi connectivity index (χ2n) is 5.65. The van der Waals surface area contributed by atoms with Crippen LogP contribution in [0.1, 0.15) is 24.5 Å². The largest absolute Gasteiger partial charge is 0.388 e. The van der Waals surface area contributed by atoms with Crippen LogP contribution in [-0.4, -0.2) is 24.9 Å². The second kappa shape index (κ2) is 5.52. The summed E-state index contributed by atoms with van der Waals surface area (Å²) in [5.41, 5.74) is 6.73. The normalized spacial score (nSPS) is 19.9. The summed E-state index contributed by atoms with van der Waals surface area (Å²) in [7, 11) is 0. The van der Waals surface area contributed by atoms with Crippen LogP contribution in [-0.2, 0) is 4.74 Å². The summed E-state index contributed by atoms with van der Waals surface area (Å²) < 4.78 is 5.43. The van der Waals surface area contributed by atoms with Gasteiger partial charge in [-0.2, -0.15) is 0 Å². The number of hydrogen-bond acceptors (Lipinski definition) is 3. The molecule has 0 amide bonds. The van der Waals surface area contributed by atoms with E-state index in [9.17, 15) is 5.11 Å². The molecule has 0 spiro atoms. The van der Waals surface area contributed by atoms with E-state index in [0.717, 1.165) is 29.2 Å². The van der Waals surface area contributed by atoms with Crippen molar-refractivity contribution in [2.45, 2.75) is 18.9 Å². The van der Waals surface area contributed by atoms with Crippen LogP contribution in [0, 0.1) is 5.41 Å². The molecule has 1 fully saturated rings. The maximum absolute atomic E-state index is 11.0. The summed E-state index contributed by atoms with van der Waals surface area (Å²) >= 11 is 0. The van der Waals surface area contributed by atoms with Crippen LogP contribution < -0.4 is 5.73 Å². The van der Waals surface area contributed by atoms with Gasteiger partial charge in [0.05, 0.1) is 6.10 Å². The molecule has 1 saturated heterocycles. The summed E-state index contributed by atoms with van der Waals surface area (Å²) in [4.78, 5) is 0. The average molecular weight is 271 g/mol. The molecule has 0 saturated carbocycles. The van der Waals surface area contributed by atoms with Crippen molar-refractivity contribution in [2.24, 2.45) is 11.1 Å². The van der Waals surface area contributed by atoms with Gasteiger partial charge in [0.1, 0.15) is 0 Å². The first kappa shape index (κ1) is 13.6. The number of fused-ring (bicyclic) bond motifs is 1. The van der Waals surface area contributed by atoms with Crippen LogP contribution in [0.15, 0.2) is 42.5 Å². The highest BCUT2D eigenvalue weighted by atomic mass is 16.5. The Labute approximate surface area is 119 Å². The lowest BCUT2D eigenvalue weighted by atomic mass is 9.72. The Morgan fingerprint density at radius 3 is 2.55 bits per heavy atom. The van der Waals surface area contributed by atoms with Crippen LogP contribution >= 0.6 is 0 Å². The van der Waals surface area contributed by atoms with E-state index in [4.69, 9.17) is 10.5 Å². The van der Waals surface area contributed by atoms with Crippen molar-refractivity contribution >= 4 is 10.8 Å². The number of nitrogens with two attached hydrogens (primary N) is 1. The number of aliphatic hydroxyl groups excluding tert-OH is 1. The summed E-state index contributed by atoms with van der Waals surface area (Å²) in [5.74, 6) is 0. The van der Waals surface area contributed by atoms with Crippen molar-refractivity contribution in [3.8, 4) is 0 Å². The van der Waals surface area contributed by atoms with Gasteiger partial charge < -0.3 is 15.6 Å². The highest BCUT2D eigenvalue weighted by molar-refractivity contribution is 5.86. The fourth-order valence-corrected chi connectivity index (χ4v) is 3.19. The van der Waals surface area contributed by atoms with Gasteiger partial charge in [-0.1, -0.05) is 42.5 Å². The first-order valence-electron chi connectivity index (χ1n) is 7.20. The van der Waals surface area contributed by atoms with Gasteiger partial charge in [0, 0.05) is 25.2 Å². The first-order chi connectivity index (χ1) is 9.77. The number of hydrogen-bond donors (Lipinski definition) is 2. The smallest absolute Gasteiger partial charge is 0.0866 e. The molecule has 3 rings (SSSR count). The average Bonchev–Trinajstić information content (AvgIpc) is 2.54. The molecule has 20 heavy (non-hydrogen) atoms. The minimum atomic E-state index is -0.539. The Balaban J connectivity index is 2.05. The van der Waals surface area contributed by atoms with Crippen molar-refractivity contribution < 1.29 is 9.84 Å². The van der Waals surface area contributed by atoms with Crippen molar-refractivity contribution in [2.75, 3.05) is 19.8 Å². The van der Waals surface area contributed by atoms with E-state index in [1.54, 1.807) is 0 Å². The lowest BCUT2D eigenvalue weighted by Gasteiger charge is -2.40. The molecule has 1 unspecified atom stereocenters. The molecule has 1 aliphatic rings. The van der Waals surface area contributed by atoms with Crippen molar-refractivity contribution in [3.63, 3.8) is 0 Å². The molecular weight excluding hydrogens is 250 g/mol. The fourth-order valence-electron chi connectivity index (χ4n) is 3.19. The van der Waals surface area contributed by atoms with Crippen LogP contribution in [0.2, 0.25) is 0 Å². The van der Waals surface area contributed by atoms with E-state index >= 15 is 0 Å². The van der Waals surface area contributed by atoms with E-state index < -0.39 is 6.10 Å². The van der Waals surface area contributed by atoms with Gasteiger partial charge in [-0.05, 0) is 29.2 Å². The predicted molar refractivity (Wildman–Crippen MR) is 80.4 cm³/mol. The SMILES string of the molecule is NCC1(C(O)c2cccc3ccccc23)CCOCC1. The summed E-state index contributed by atoms with van der Waals surface area (Å²) in [6, 6.07) is 14.3. The Kier molecular flexibility index (Phi) is 3.74. The Morgan fingerprint density at radius 2 is 1.80 bits per heavy atom. The summed E-state index contributed by atoms with van der Waals surface area (Å²) in [5, 5.41) is 13.2. The summed E-state index contributed by atoms with van der Waals surface area (Å²) in [6.07, 6.45) is 1.09. The number of ether oxygens (including phenoxy) is 1. The monoisotopic (exact) mass is 271 g/mol. The van der Waals surface area contributed by atoms with Crippen LogP contribution in [0.3, 0.4) is 0 Å². The molecule has 0 radical (unpaired) electrons. The molecule has 0 bridgehead atoms. The minimum absolute atomic E-state index is 0.262. The van der Waals surface area contributed by atoms with Gasteiger partial charge in [-0.3, -0.25) is 0 Å². The van der Waals surface area contributed by atoms with Crippen LogP contribution in [0.25, 0.3) is 10.8 Å². The van der Waals surface area contributed by atoms with Gasteiger partial charge >= 0.3 is 0 Å². The molecule has 0 aliphatic carbocycles. The Hall–Kier alpha value is -1.42. The van der Waals surface area contributed by atoms with E-state index in [1.165, 1.54) is 0 Å². The lowest BCUT2D eigenvalue weighted by molar-refractivity contribution is -0.0575. The Morgan fingerprint density at radius 1 is 1.10 bits per heavy atom. The van der Waals surface area contributed by atoms with Gasteiger partial charge in [0.15, 0.2) is 0 Å². The quantitative estimate of drug-likeness (QED) is 0.902. The first-order valence-corrected chi connectivity index (χ1v) is 7.20. The molecule has 1 aliphatic heterocycles. The van der Waals surface area contributed by atoms with Gasteiger partial charge in [-0.25, -0.2) is 0 Å². The highest BCUT2D eigenvalue weighted by Crippen LogP contribution is 2.43. The summed E-state index contributed by atoms with van der Waals surface area (Å²) in [6.45, 7) is 1.85. The maximum Gasteiger partial charge on any atom is 0.0866 e. The van der Waals surface area contributed by atoms with Crippen molar-refractivity contribution in [1.82, 2.24) is 0 Å². The predicted octanol–water partition coefficient (Wildman–Crippen LogP) is 2.63. The van der Waals surface area contributed by atoms with E-state index in [2.05, 4.69) is 18.2 Å². The van der Waals surface area contributed by atoms with Crippen molar-refractivity contribution in [3.05, 3.63) is 48.0 Å². The Bertz CT molecular complexity index is 585. The van der Waals surface area contributed by atoms with E-state index in [-0.39, 0.29) is 5.41 Å². The minimum Gasteiger partial charge on any atom is -0.388 e. The zero-order valence-electron chi connectivity index (χ0n) is 11.6. The van der Waals surface area contributed by atoms with Gasteiger partial charge in [0.2, 0.25) is 0 Å². The standard InChI is InChI=1S/C17H21NO2/c18-12-17(8-10-20-11-9-17)16(19)15-7-3-5-13-4-1-2-6-14(13)15/h1-7,16,19H,8-12,18H2. The molecular formula is C17H21NO2. The molecule has 1 atom stereocenters. The third-order valence-electron chi connectivity index (χ3n) is 4.59. The van der Waals surface area contributed by atoms with E-state index in [0.29, 0.717) is 19.8 Å². The zero-order valence-corrected chi connectivity index (χ0v) is 11.6. The molecule has 3 N–H and O–H groups in total. The molecule has 106 valence electrons. The lowest BCUT2D eigenvalue weighted by Crippen LogP contribution is -2.41. The number of aliphatic hydroxyl groups is 1.